The summed E-state index contributed by atoms with van der Waals surface area (Å²) in [5.41, 5.74) is 18.8. The Morgan fingerprint density at radius 3 is 2.62 bits per heavy atom. The monoisotopic (exact) mass is 970 g/mol. The molecule has 11 nitrogen and oxygen atoms in total. The zero-order valence-electron chi connectivity index (χ0n) is 39.1. The van der Waals surface area contributed by atoms with Gasteiger partial charge in [-0.1, -0.05) is 70.2 Å². The van der Waals surface area contributed by atoms with Crippen LogP contribution in [-0.4, -0.2) is 68.2 Å². The number of nitrogens with two attached hydrogens (primary N) is 2. The van der Waals surface area contributed by atoms with E-state index in [-0.39, 0.29) is 65.8 Å². The molecule has 0 spiro atoms. The van der Waals surface area contributed by atoms with Crippen LogP contribution < -0.4 is 21.3 Å². The van der Waals surface area contributed by atoms with Crippen molar-refractivity contribution in [2.24, 2.45) is 50.5 Å². The van der Waals surface area contributed by atoms with Crippen molar-refractivity contribution < 1.29 is 40.2 Å². The number of phenols is 2. The maximum absolute atomic E-state index is 14.3. The van der Waals surface area contributed by atoms with Crippen LogP contribution in [0.4, 0.5) is 0 Å². The molecule has 0 amide bonds. The Labute approximate surface area is 413 Å². The fourth-order valence-electron chi connectivity index (χ4n) is 13.9. The summed E-state index contributed by atoms with van der Waals surface area (Å²) in [5, 5.41) is 70.0. The highest BCUT2D eigenvalue weighted by atomic mass is 33.1. The molecule has 5 aliphatic carbocycles. The summed E-state index contributed by atoms with van der Waals surface area (Å²) in [7, 11) is 3.44. The number of hydrogen-bond donors (Lipinski definition) is 7. The minimum Gasteiger partial charge on any atom is -0.875 e. The molecule has 0 unspecified atom stereocenters. The van der Waals surface area contributed by atoms with Crippen molar-refractivity contribution in [3.8, 4) is 29.1 Å². The molecule has 0 aromatic heterocycles. The number of ketones is 1. The van der Waals surface area contributed by atoms with Gasteiger partial charge in [0.1, 0.15) is 5.75 Å². The van der Waals surface area contributed by atoms with Crippen molar-refractivity contribution in [1.29, 1.82) is 0 Å². The van der Waals surface area contributed by atoms with Crippen LogP contribution in [0.1, 0.15) is 128 Å². The van der Waals surface area contributed by atoms with E-state index in [4.69, 9.17) is 16.2 Å². The number of allylic oxidation sites excluding steroid dienone is 5. The van der Waals surface area contributed by atoms with Gasteiger partial charge in [0.2, 0.25) is 0 Å². The van der Waals surface area contributed by atoms with Crippen LogP contribution >= 0.6 is 21.6 Å². The second-order valence-electron chi connectivity index (χ2n) is 21.2. The Kier molecular flexibility index (Phi) is 13.7. The van der Waals surface area contributed by atoms with E-state index in [1.807, 2.05) is 24.3 Å². The van der Waals surface area contributed by atoms with Gasteiger partial charge >= 0.3 is 0 Å². The number of phenolic OH excluding ortho intramolecular Hbond substituents is 2. The Morgan fingerprint density at radius 2 is 1.80 bits per heavy atom. The van der Waals surface area contributed by atoms with Gasteiger partial charge in [0.05, 0.1) is 43.7 Å². The third-order valence-electron chi connectivity index (χ3n) is 17.1. The molecule has 0 radical (unpaired) electrons. The van der Waals surface area contributed by atoms with Crippen molar-refractivity contribution in [2.75, 3.05) is 19.0 Å². The summed E-state index contributed by atoms with van der Waals surface area (Å²) in [6.45, 7) is -0.0380. The van der Waals surface area contributed by atoms with Gasteiger partial charge in [0, 0.05) is 53.0 Å². The van der Waals surface area contributed by atoms with Crippen LogP contribution in [0.5, 0.6) is 17.2 Å². The molecule has 69 heavy (non-hydrogen) atoms. The van der Waals surface area contributed by atoms with Gasteiger partial charge in [-0.15, -0.1) is 5.76 Å². The SMILES string of the molecule is NC(N)c1cc2c3cc1CSSC[C@@]14C[C@@H]5C[C@H]6CCC[C@@]6(C[C@H](O)CO)C[C@@H]5[C@@](/C=C\C(=O)CCc5ccc(O)c(c5)OCCc5ccc(O)c(c5)[C@@H]3CC([O-])=C3C=CN=C3CC#C2)(C[C@@H]1O)C4. The van der Waals surface area contributed by atoms with Gasteiger partial charge in [-0.2, -0.15) is 0 Å². The molecule has 13 heteroatoms. The Balaban J connectivity index is 1.03. The molecule has 9 atom stereocenters. The van der Waals surface area contributed by atoms with E-state index in [0.29, 0.717) is 83.6 Å². The molecule has 0 saturated heterocycles. The van der Waals surface area contributed by atoms with E-state index < -0.39 is 29.7 Å². The van der Waals surface area contributed by atoms with Gasteiger partial charge in [0.25, 0.3) is 0 Å². The average Bonchev–Trinajstić information content (AvgIpc) is 4.03. The predicted molar refractivity (Wildman–Crippen MR) is 269 cm³/mol. The molecular formula is C56H64N3O8S2-. The number of fused-ring (bicyclic) bond motifs is 9. The Hall–Kier alpha value is -4.52. The maximum Gasteiger partial charge on any atom is 0.161 e. The number of carbonyl (C=O) groups is 1. The van der Waals surface area contributed by atoms with E-state index in [1.165, 1.54) is 0 Å². The molecular weight excluding hydrogens is 907 g/mol. The minimum absolute atomic E-state index is 0.00589. The highest BCUT2D eigenvalue weighted by Crippen LogP contribution is 2.71. The molecule has 10 rings (SSSR count). The van der Waals surface area contributed by atoms with Crippen molar-refractivity contribution in [3.05, 3.63) is 123 Å². The van der Waals surface area contributed by atoms with Crippen molar-refractivity contribution in [1.82, 2.24) is 0 Å². The van der Waals surface area contributed by atoms with Gasteiger partial charge in [0.15, 0.2) is 17.3 Å². The van der Waals surface area contributed by atoms with Gasteiger partial charge in [-0.05, 0) is 163 Å². The number of ether oxygens (including phenoxy) is 1. The molecule has 4 saturated carbocycles. The third-order valence-corrected chi connectivity index (χ3v) is 19.6. The number of hydrogen-bond acceptors (Lipinski definition) is 13. The fraction of sp³-hybridized carbons (Fsp3) is 0.500. The number of aromatic hydroxyl groups is 2. The van der Waals surface area contributed by atoms with Crippen LogP contribution in [0.3, 0.4) is 0 Å². The van der Waals surface area contributed by atoms with E-state index in [0.717, 1.165) is 72.8 Å². The third kappa shape index (κ3) is 9.43. The second-order valence-corrected chi connectivity index (χ2v) is 23.7. The number of aliphatic hydroxyl groups is 3. The van der Waals surface area contributed by atoms with Crippen molar-refractivity contribution in [3.63, 3.8) is 0 Å². The average molecular weight is 971 g/mol. The van der Waals surface area contributed by atoms with Crippen molar-refractivity contribution in [2.45, 2.75) is 120 Å². The van der Waals surface area contributed by atoms with Gasteiger partial charge in [-0.3, -0.25) is 9.79 Å². The standard InChI is InChI=1S/C56H65N3O8S2/c57-53(58)43-22-35-3-1-5-47-41(13-17-59-47)50(65)24-44-42(35)23-37(43)30-68-69-32-56-25-36-21-38-4-2-15-54(38,26-40(62)29-60)27-46(36)55(31-56,28-52(56)66)16-12-39(61)9-6-33-8-11-49(64)51(20-33)67-18-14-34-7-10-48(63)45(44)19-34/h7-8,10-13,16-17,19-20,22-23,36,38,40,44,46,52-53,60,62-66H,2,4-6,9,14-15,18,21,24-32,57-58H2/p-1/b16-12-,50-41?/t36-,38+,40-,44+,46-,52-,54+,55-,56-/m0/s1. The number of carbonyl (C=O) groups excluding carboxylic acids is 1. The molecule has 9 N–H and O–H groups in total. The second kappa shape index (κ2) is 19.6. The summed E-state index contributed by atoms with van der Waals surface area (Å²) < 4.78 is 6.18. The number of nitrogens with zero attached hydrogens (tertiary/aromatic N) is 1. The topological polar surface area (TPSA) is 215 Å². The number of rotatable bonds is 4. The minimum atomic E-state index is -0.808. The summed E-state index contributed by atoms with van der Waals surface area (Å²) >= 11 is 0. The molecule has 7 aliphatic rings. The first-order chi connectivity index (χ1) is 33.3. The van der Waals surface area contributed by atoms with Crippen LogP contribution in [0, 0.1) is 45.8 Å². The largest absolute Gasteiger partial charge is 0.875 e. The summed E-state index contributed by atoms with van der Waals surface area (Å²) in [6, 6.07) is 14.6. The molecule has 364 valence electrons. The van der Waals surface area contributed by atoms with Gasteiger partial charge in [-0.25, -0.2) is 0 Å². The van der Waals surface area contributed by atoms with E-state index >= 15 is 0 Å². The zero-order valence-corrected chi connectivity index (χ0v) is 40.7. The highest BCUT2D eigenvalue weighted by molar-refractivity contribution is 8.76. The lowest BCUT2D eigenvalue weighted by Gasteiger charge is -2.57. The first-order valence-corrected chi connectivity index (χ1v) is 27.3. The van der Waals surface area contributed by atoms with E-state index in [9.17, 15) is 35.4 Å². The highest BCUT2D eigenvalue weighted by Gasteiger charge is 2.65. The summed E-state index contributed by atoms with van der Waals surface area (Å²) in [4.78, 5) is 18.3. The number of benzene rings is 3. The maximum atomic E-state index is 14.3. The normalized spacial score (nSPS) is 32.0. The Bertz CT molecular complexity index is 2690. The number of aryl methyl sites for hydroxylation is 1. The lowest BCUT2D eigenvalue weighted by atomic mass is 9.48. The van der Waals surface area contributed by atoms with E-state index in [2.05, 4.69) is 29.0 Å². The molecule has 2 heterocycles. The van der Waals surface area contributed by atoms with Crippen molar-refractivity contribution >= 4 is 33.1 Å². The number of aliphatic hydroxyl groups excluding tert-OH is 3. The molecule has 2 aliphatic heterocycles. The fourth-order valence-corrected chi connectivity index (χ4v) is 16.6. The molecule has 3 aromatic rings. The zero-order chi connectivity index (χ0) is 48.1. The van der Waals surface area contributed by atoms with E-state index in [1.54, 1.807) is 58.1 Å². The molecule has 4 fully saturated rings. The smallest absolute Gasteiger partial charge is 0.161 e. The van der Waals surface area contributed by atoms with Crippen LogP contribution in [0.2, 0.25) is 0 Å². The quantitative estimate of drug-likeness (QED) is 0.0768. The summed E-state index contributed by atoms with van der Waals surface area (Å²) in [5.74, 6) is 8.59. The molecule has 3 aromatic carbocycles. The van der Waals surface area contributed by atoms with Crippen LogP contribution in [-0.2, 0) is 23.4 Å². The lowest BCUT2D eigenvalue weighted by Crippen LogP contribution is -2.50. The predicted octanol–water partition coefficient (Wildman–Crippen LogP) is 7.54. The molecule has 8 bridgehead atoms. The van der Waals surface area contributed by atoms with Crippen LogP contribution in [0.15, 0.2) is 89.3 Å². The summed E-state index contributed by atoms with van der Waals surface area (Å²) in [6.07, 6.45) is 14.7. The first-order valence-electron chi connectivity index (χ1n) is 24.8. The van der Waals surface area contributed by atoms with Gasteiger partial charge < -0.3 is 46.8 Å². The lowest BCUT2D eigenvalue weighted by molar-refractivity contribution is -0.307. The Morgan fingerprint density at radius 1 is 0.971 bits per heavy atom. The number of aliphatic imine (C=N–C) groups is 1. The van der Waals surface area contributed by atoms with Crippen LogP contribution in [0.25, 0.3) is 0 Å². The first kappa shape index (κ1) is 48.1.